The number of carbonyl (C=O) groups excluding carboxylic acids is 1. The first-order valence-corrected chi connectivity index (χ1v) is 5.96. The molecule has 1 amide bonds. The Labute approximate surface area is 106 Å². The van der Waals surface area contributed by atoms with E-state index in [0.29, 0.717) is 12.4 Å². The van der Waals surface area contributed by atoms with Crippen molar-refractivity contribution in [3.8, 4) is 0 Å². The average Bonchev–Trinajstić information content (AvgIpc) is 2.39. The Morgan fingerprint density at radius 1 is 1.56 bits per heavy atom. The van der Waals surface area contributed by atoms with Crippen molar-refractivity contribution in [3.05, 3.63) is 11.9 Å². The minimum atomic E-state index is -0.247. The summed E-state index contributed by atoms with van der Waals surface area (Å²) >= 11 is 0. The van der Waals surface area contributed by atoms with Crippen molar-refractivity contribution in [2.75, 3.05) is 23.4 Å². The number of aromatic nitrogens is 2. The molecule has 1 saturated heterocycles. The molecule has 0 bridgehead atoms. The van der Waals surface area contributed by atoms with Crippen LogP contribution >= 0.6 is 0 Å². The van der Waals surface area contributed by atoms with E-state index in [9.17, 15) is 4.79 Å². The summed E-state index contributed by atoms with van der Waals surface area (Å²) in [5.41, 5.74) is 8.79. The third kappa shape index (κ3) is 2.35. The molecule has 7 nitrogen and oxygen atoms in total. The van der Waals surface area contributed by atoms with Crippen LogP contribution in [0.15, 0.2) is 6.33 Å². The number of hydrogen-bond acceptors (Lipinski definition) is 6. The van der Waals surface area contributed by atoms with Gasteiger partial charge >= 0.3 is 0 Å². The summed E-state index contributed by atoms with van der Waals surface area (Å²) in [5, 5.41) is 0. The molecule has 0 spiro atoms. The maximum absolute atomic E-state index is 11.3. The van der Waals surface area contributed by atoms with Gasteiger partial charge in [0.1, 0.15) is 18.0 Å². The van der Waals surface area contributed by atoms with Gasteiger partial charge < -0.3 is 16.1 Å². The van der Waals surface area contributed by atoms with Crippen molar-refractivity contribution in [1.82, 2.24) is 9.97 Å². The van der Waals surface area contributed by atoms with Gasteiger partial charge in [-0.3, -0.25) is 4.79 Å². The summed E-state index contributed by atoms with van der Waals surface area (Å²) in [6, 6.07) is 0. The minimum absolute atomic E-state index is 0.109. The third-order valence-electron chi connectivity index (χ3n) is 3.32. The molecular weight excluding hydrogens is 232 g/mol. The first kappa shape index (κ1) is 12.6. The van der Waals surface area contributed by atoms with Crippen LogP contribution in [-0.4, -0.2) is 29.0 Å². The summed E-state index contributed by atoms with van der Waals surface area (Å²) in [7, 11) is 0. The standard InChI is InChI=1S/C11H18N6O/c1-7-10(16-13)14-6-15-11(7)17-4-2-3-8(5-17)9(12)18/h6,8H,2-5,13H2,1H3,(H2,12,18)(H,14,15,16). The number of amides is 1. The van der Waals surface area contributed by atoms with Crippen LogP contribution in [0.5, 0.6) is 0 Å². The third-order valence-corrected chi connectivity index (χ3v) is 3.32. The maximum atomic E-state index is 11.3. The van der Waals surface area contributed by atoms with E-state index in [1.54, 1.807) is 0 Å². The molecule has 0 radical (unpaired) electrons. The normalized spacial score (nSPS) is 19.7. The minimum Gasteiger partial charge on any atom is -0.369 e. The van der Waals surface area contributed by atoms with E-state index in [-0.39, 0.29) is 11.8 Å². The number of hydrazine groups is 1. The fourth-order valence-corrected chi connectivity index (χ4v) is 2.31. The van der Waals surface area contributed by atoms with Crippen molar-refractivity contribution in [1.29, 1.82) is 0 Å². The predicted molar refractivity (Wildman–Crippen MR) is 68.7 cm³/mol. The predicted octanol–water partition coefficient (Wildman–Crippen LogP) is -0.228. The molecule has 98 valence electrons. The second-order valence-electron chi connectivity index (χ2n) is 4.50. The number of hydrogen-bond donors (Lipinski definition) is 3. The van der Waals surface area contributed by atoms with E-state index in [0.717, 1.165) is 30.8 Å². The van der Waals surface area contributed by atoms with Crippen LogP contribution in [0.3, 0.4) is 0 Å². The van der Waals surface area contributed by atoms with Gasteiger partial charge in [0, 0.05) is 18.7 Å². The van der Waals surface area contributed by atoms with Crippen LogP contribution in [-0.2, 0) is 4.79 Å². The first-order chi connectivity index (χ1) is 8.63. The Morgan fingerprint density at radius 3 is 3.00 bits per heavy atom. The molecule has 1 aliphatic rings. The molecular formula is C11H18N6O. The summed E-state index contributed by atoms with van der Waals surface area (Å²) in [6.45, 7) is 3.38. The zero-order valence-corrected chi connectivity index (χ0v) is 10.4. The molecule has 7 heteroatoms. The fraction of sp³-hybridized carbons (Fsp3) is 0.545. The monoisotopic (exact) mass is 250 g/mol. The van der Waals surface area contributed by atoms with E-state index in [1.807, 2.05) is 6.92 Å². The highest BCUT2D eigenvalue weighted by atomic mass is 16.1. The van der Waals surface area contributed by atoms with E-state index in [4.69, 9.17) is 11.6 Å². The number of nitrogen functional groups attached to an aromatic ring is 1. The second kappa shape index (κ2) is 5.18. The van der Waals surface area contributed by atoms with Gasteiger partial charge in [-0.25, -0.2) is 15.8 Å². The largest absolute Gasteiger partial charge is 0.369 e. The van der Waals surface area contributed by atoms with Gasteiger partial charge in [-0.1, -0.05) is 0 Å². The molecule has 1 atom stereocenters. The van der Waals surface area contributed by atoms with Gasteiger partial charge in [-0.15, -0.1) is 0 Å². The fourth-order valence-electron chi connectivity index (χ4n) is 2.31. The van der Waals surface area contributed by atoms with Gasteiger partial charge in [0.25, 0.3) is 0 Å². The van der Waals surface area contributed by atoms with E-state index >= 15 is 0 Å². The van der Waals surface area contributed by atoms with E-state index < -0.39 is 0 Å². The Morgan fingerprint density at radius 2 is 2.33 bits per heavy atom. The quantitative estimate of drug-likeness (QED) is 0.505. The lowest BCUT2D eigenvalue weighted by Gasteiger charge is -2.33. The van der Waals surface area contributed by atoms with Crippen LogP contribution < -0.4 is 21.9 Å². The molecule has 2 rings (SSSR count). The number of nitrogens with zero attached hydrogens (tertiary/aromatic N) is 3. The molecule has 0 aromatic carbocycles. The van der Waals surface area contributed by atoms with Crippen LogP contribution in [0.1, 0.15) is 18.4 Å². The van der Waals surface area contributed by atoms with Gasteiger partial charge in [0.15, 0.2) is 0 Å². The van der Waals surface area contributed by atoms with Gasteiger partial charge in [-0.05, 0) is 19.8 Å². The molecule has 18 heavy (non-hydrogen) atoms. The van der Waals surface area contributed by atoms with Crippen molar-refractivity contribution in [3.63, 3.8) is 0 Å². The molecule has 1 aromatic heterocycles. The number of primary amides is 1. The highest BCUT2D eigenvalue weighted by Crippen LogP contribution is 2.26. The van der Waals surface area contributed by atoms with Gasteiger partial charge in [-0.2, -0.15) is 0 Å². The molecule has 1 unspecified atom stereocenters. The Bertz CT molecular complexity index is 449. The van der Waals surface area contributed by atoms with E-state index in [2.05, 4.69) is 20.3 Å². The first-order valence-electron chi connectivity index (χ1n) is 5.96. The Hall–Kier alpha value is -1.89. The summed E-state index contributed by atoms with van der Waals surface area (Å²) < 4.78 is 0. The summed E-state index contributed by atoms with van der Waals surface area (Å²) in [5.74, 6) is 6.44. The Balaban J connectivity index is 2.23. The lowest BCUT2D eigenvalue weighted by atomic mass is 9.97. The van der Waals surface area contributed by atoms with Crippen molar-refractivity contribution >= 4 is 17.5 Å². The number of piperidine rings is 1. The second-order valence-corrected chi connectivity index (χ2v) is 4.50. The maximum Gasteiger partial charge on any atom is 0.222 e. The molecule has 1 aromatic rings. The van der Waals surface area contributed by atoms with Crippen molar-refractivity contribution in [2.45, 2.75) is 19.8 Å². The molecule has 2 heterocycles. The highest BCUT2D eigenvalue weighted by molar-refractivity contribution is 5.77. The number of rotatable bonds is 3. The number of nitrogens with one attached hydrogen (secondary N) is 1. The van der Waals surface area contributed by atoms with Crippen LogP contribution in [0.25, 0.3) is 0 Å². The number of carbonyl (C=O) groups is 1. The molecule has 1 fully saturated rings. The number of anilines is 2. The van der Waals surface area contributed by atoms with Crippen molar-refractivity contribution < 1.29 is 4.79 Å². The molecule has 0 aliphatic carbocycles. The summed E-state index contributed by atoms with van der Waals surface area (Å²) in [6.07, 6.45) is 3.24. The van der Waals surface area contributed by atoms with Crippen LogP contribution in [0.2, 0.25) is 0 Å². The lowest BCUT2D eigenvalue weighted by Crippen LogP contribution is -2.41. The molecule has 0 saturated carbocycles. The van der Waals surface area contributed by atoms with Gasteiger partial charge in [0.05, 0.1) is 5.92 Å². The van der Waals surface area contributed by atoms with Crippen LogP contribution in [0.4, 0.5) is 11.6 Å². The highest BCUT2D eigenvalue weighted by Gasteiger charge is 2.26. The molecule has 5 N–H and O–H groups in total. The zero-order valence-electron chi connectivity index (χ0n) is 10.4. The van der Waals surface area contributed by atoms with Gasteiger partial charge in [0.2, 0.25) is 5.91 Å². The molecule has 1 aliphatic heterocycles. The lowest BCUT2D eigenvalue weighted by molar-refractivity contribution is -0.122. The number of nitrogens with two attached hydrogens (primary N) is 2. The smallest absolute Gasteiger partial charge is 0.222 e. The summed E-state index contributed by atoms with van der Waals surface area (Å²) in [4.78, 5) is 21.6. The topological polar surface area (TPSA) is 110 Å². The van der Waals surface area contributed by atoms with Crippen LogP contribution in [0, 0.1) is 12.8 Å². The average molecular weight is 250 g/mol. The Kier molecular flexibility index (Phi) is 3.61. The van der Waals surface area contributed by atoms with Crippen molar-refractivity contribution in [2.24, 2.45) is 17.5 Å². The zero-order chi connectivity index (χ0) is 13.1. The SMILES string of the molecule is Cc1c(NN)ncnc1N1CCCC(C(N)=O)C1. The van der Waals surface area contributed by atoms with E-state index in [1.165, 1.54) is 6.33 Å².